The zero-order chi connectivity index (χ0) is 15.8. The van der Waals surface area contributed by atoms with Crippen molar-refractivity contribution in [2.45, 2.75) is 20.8 Å². The molecular weight excluding hydrogens is 262 g/mol. The summed E-state index contributed by atoms with van der Waals surface area (Å²) in [5.41, 5.74) is 3.51. The van der Waals surface area contributed by atoms with Crippen molar-refractivity contribution in [2.24, 2.45) is 10.5 Å². The van der Waals surface area contributed by atoms with Gasteiger partial charge in [0.1, 0.15) is 0 Å². The van der Waals surface area contributed by atoms with Crippen LogP contribution in [0.15, 0.2) is 34.9 Å². The zero-order valence-corrected chi connectivity index (χ0v) is 13.6. The normalized spacial score (nSPS) is 17.4. The largest absolute Gasteiger partial charge is 0.378 e. The first kappa shape index (κ1) is 15.3. The number of nitrogens with zero attached hydrogens (tertiary/aromatic N) is 3. The molecule has 112 valence electrons. The molecule has 0 atom stereocenters. The highest BCUT2D eigenvalue weighted by molar-refractivity contribution is 6.28. The first-order valence-electron chi connectivity index (χ1n) is 7.07. The van der Waals surface area contributed by atoms with Gasteiger partial charge in [-0.05, 0) is 23.8 Å². The molecule has 21 heavy (non-hydrogen) atoms. The van der Waals surface area contributed by atoms with Crippen molar-refractivity contribution in [3.05, 3.63) is 35.4 Å². The van der Waals surface area contributed by atoms with Crippen LogP contribution in [0, 0.1) is 5.41 Å². The van der Waals surface area contributed by atoms with E-state index in [0.29, 0.717) is 5.57 Å². The van der Waals surface area contributed by atoms with Crippen molar-refractivity contribution in [3.63, 3.8) is 0 Å². The fraction of sp³-hybridized carbons (Fsp3) is 0.412. The highest BCUT2D eigenvalue weighted by Crippen LogP contribution is 2.29. The quantitative estimate of drug-likeness (QED) is 0.783. The number of hydrogen-bond donors (Lipinski definition) is 0. The maximum absolute atomic E-state index is 12.3. The van der Waals surface area contributed by atoms with Gasteiger partial charge in [0.15, 0.2) is 0 Å². The summed E-state index contributed by atoms with van der Waals surface area (Å²) >= 11 is 0. The number of likely N-dealkylation sites (N-methyl/N-ethyl adjacent to an activating group) is 1. The molecule has 0 aromatic heterocycles. The van der Waals surface area contributed by atoms with Crippen molar-refractivity contribution >= 4 is 23.4 Å². The topological polar surface area (TPSA) is 35.9 Å². The Kier molecular flexibility index (Phi) is 3.90. The summed E-state index contributed by atoms with van der Waals surface area (Å²) in [5.74, 6) is -0.0448. The zero-order valence-electron chi connectivity index (χ0n) is 13.6. The number of rotatable bonds is 2. The van der Waals surface area contributed by atoms with E-state index >= 15 is 0 Å². The highest BCUT2D eigenvalue weighted by atomic mass is 16.2. The molecule has 0 saturated heterocycles. The molecule has 0 spiro atoms. The molecule has 1 amide bonds. The molecule has 0 unspecified atom stereocenters. The Labute approximate surface area is 126 Å². The molecule has 0 bridgehead atoms. The Morgan fingerprint density at radius 2 is 1.71 bits per heavy atom. The third kappa shape index (κ3) is 3.15. The molecule has 0 aliphatic carbocycles. The molecular formula is C17H23N3O. The van der Waals surface area contributed by atoms with Crippen molar-refractivity contribution in [1.29, 1.82) is 0 Å². The lowest BCUT2D eigenvalue weighted by atomic mass is 9.85. The predicted octanol–water partition coefficient (Wildman–Crippen LogP) is 3.01. The van der Waals surface area contributed by atoms with Gasteiger partial charge in [-0.1, -0.05) is 32.9 Å². The van der Waals surface area contributed by atoms with E-state index < -0.39 is 0 Å². The lowest BCUT2D eigenvalue weighted by molar-refractivity contribution is -0.124. The van der Waals surface area contributed by atoms with Crippen LogP contribution in [0.4, 0.5) is 5.69 Å². The molecule has 0 fully saturated rings. The highest BCUT2D eigenvalue weighted by Gasteiger charge is 2.34. The first-order valence-corrected chi connectivity index (χ1v) is 7.07. The van der Waals surface area contributed by atoms with E-state index in [1.807, 2.05) is 49.3 Å². The maximum Gasteiger partial charge on any atom is 0.275 e. The Balaban J connectivity index is 2.39. The van der Waals surface area contributed by atoms with Gasteiger partial charge >= 0.3 is 0 Å². The molecule has 0 radical (unpaired) electrons. The van der Waals surface area contributed by atoms with Crippen molar-refractivity contribution in [2.75, 3.05) is 26.0 Å². The van der Waals surface area contributed by atoms with Crippen LogP contribution in [0.1, 0.15) is 26.3 Å². The number of carbonyl (C=O) groups excluding carboxylic acids is 1. The van der Waals surface area contributed by atoms with Crippen molar-refractivity contribution in [1.82, 2.24) is 5.01 Å². The number of benzene rings is 1. The summed E-state index contributed by atoms with van der Waals surface area (Å²) in [4.78, 5) is 14.3. The lowest BCUT2D eigenvalue weighted by Gasteiger charge is -2.18. The molecule has 0 N–H and O–H groups in total. The minimum Gasteiger partial charge on any atom is -0.378 e. The van der Waals surface area contributed by atoms with Gasteiger partial charge in [0.05, 0.1) is 11.3 Å². The second-order valence-electron chi connectivity index (χ2n) is 6.57. The summed E-state index contributed by atoms with van der Waals surface area (Å²) < 4.78 is 0. The molecule has 4 nitrogen and oxygen atoms in total. The molecule has 2 rings (SSSR count). The van der Waals surface area contributed by atoms with Crippen LogP contribution < -0.4 is 4.90 Å². The predicted molar refractivity (Wildman–Crippen MR) is 88.4 cm³/mol. The van der Waals surface area contributed by atoms with Crippen LogP contribution in [0.3, 0.4) is 0 Å². The van der Waals surface area contributed by atoms with Crippen molar-refractivity contribution < 1.29 is 4.79 Å². The van der Waals surface area contributed by atoms with Gasteiger partial charge in [0, 0.05) is 32.2 Å². The van der Waals surface area contributed by atoms with Crippen LogP contribution in [0.2, 0.25) is 0 Å². The Hall–Kier alpha value is -2.10. The van der Waals surface area contributed by atoms with Gasteiger partial charge in [0.2, 0.25) is 0 Å². The SMILES string of the molecule is CN1N=C(C(C)(C)C)/C(=C/c2ccc(N(C)C)cc2)C1=O. The number of amides is 1. The molecule has 1 aliphatic rings. The van der Waals surface area contributed by atoms with Crippen molar-refractivity contribution in [3.8, 4) is 0 Å². The minimum absolute atomic E-state index is 0.0448. The summed E-state index contributed by atoms with van der Waals surface area (Å²) in [5, 5.41) is 5.81. The van der Waals surface area contributed by atoms with E-state index in [9.17, 15) is 4.79 Å². The number of hydrogen-bond acceptors (Lipinski definition) is 3. The second kappa shape index (κ2) is 5.35. The standard InChI is InChI=1S/C17H23N3O/c1-17(2,3)15-14(16(21)20(6)18-15)11-12-7-9-13(10-8-12)19(4)5/h7-11H,1-6H3/b14-11-. The third-order valence-electron chi connectivity index (χ3n) is 3.46. The van der Waals surface area contributed by atoms with Gasteiger partial charge in [0.25, 0.3) is 5.91 Å². The molecule has 1 heterocycles. The smallest absolute Gasteiger partial charge is 0.275 e. The monoisotopic (exact) mass is 285 g/mol. The summed E-state index contributed by atoms with van der Waals surface area (Å²) in [6.07, 6.45) is 1.93. The van der Waals surface area contributed by atoms with Gasteiger partial charge in [-0.15, -0.1) is 0 Å². The minimum atomic E-state index is -0.157. The van der Waals surface area contributed by atoms with Crippen LogP contribution in [-0.4, -0.2) is 37.8 Å². The molecule has 1 aromatic carbocycles. The first-order chi connectivity index (χ1) is 9.70. The molecule has 0 saturated carbocycles. The average Bonchev–Trinajstić information content (AvgIpc) is 2.67. The van der Waals surface area contributed by atoms with E-state index in [4.69, 9.17) is 0 Å². The van der Waals surface area contributed by atoms with E-state index in [1.165, 1.54) is 5.01 Å². The van der Waals surface area contributed by atoms with Gasteiger partial charge in [-0.25, -0.2) is 5.01 Å². The fourth-order valence-corrected chi connectivity index (χ4v) is 2.24. The van der Waals surface area contributed by atoms with Crippen LogP contribution in [0.5, 0.6) is 0 Å². The summed E-state index contributed by atoms with van der Waals surface area (Å²) in [6.45, 7) is 6.21. The summed E-state index contributed by atoms with van der Waals surface area (Å²) in [7, 11) is 5.71. The Morgan fingerprint density at radius 3 is 2.19 bits per heavy atom. The molecule has 1 aliphatic heterocycles. The van der Waals surface area contributed by atoms with Gasteiger partial charge < -0.3 is 4.90 Å². The van der Waals surface area contributed by atoms with E-state index in [0.717, 1.165) is 17.0 Å². The number of hydrazone groups is 1. The van der Waals surface area contributed by atoms with Crippen LogP contribution >= 0.6 is 0 Å². The van der Waals surface area contributed by atoms with Crippen LogP contribution in [-0.2, 0) is 4.79 Å². The maximum atomic E-state index is 12.3. The van der Waals surface area contributed by atoms with Crippen LogP contribution in [0.25, 0.3) is 6.08 Å². The van der Waals surface area contributed by atoms with E-state index in [2.05, 4.69) is 25.9 Å². The number of anilines is 1. The second-order valence-corrected chi connectivity index (χ2v) is 6.57. The number of carbonyl (C=O) groups is 1. The third-order valence-corrected chi connectivity index (χ3v) is 3.46. The lowest BCUT2D eigenvalue weighted by Crippen LogP contribution is -2.22. The Morgan fingerprint density at radius 1 is 1.14 bits per heavy atom. The van der Waals surface area contributed by atoms with Gasteiger partial charge in [-0.3, -0.25) is 4.79 Å². The summed E-state index contributed by atoms with van der Waals surface area (Å²) in [6, 6.07) is 8.13. The van der Waals surface area contributed by atoms with E-state index in [-0.39, 0.29) is 11.3 Å². The fourth-order valence-electron chi connectivity index (χ4n) is 2.24. The average molecular weight is 285 g/mol. The van der Waals surface area contributed by atoms with Gasteiger partial charge in [-0.2, -0.15) is 5.10 Å². The Bertz CT molecular complexity index is 604. The molecule has 4 heteroatoms. The molecule has 1 aromatic rings. The van der Waals surface area contributed by atoms with E-state index in [1.54, 1.807) is 7.05 Å².